The second kappa shape index (κ2) is 7.73. The lowest BCUT2D eigenvalue weighted by molar-refractivity contribution is 0.240. The quantitative estimate of drug-likeness (QED) is 0.832. The Morgan fingerprint density at radius 2 is 1.96 bits per heavy atom. The van der Waals surface area contributed by atoms with Gasteiger partial charge in [-0.25, -0.2) is 19.7 Å². The van der Waals surface area contributed by atoms with Crippen LogP contribution in [0.15, 0.2) is 29.1 Å². The number of anilines is 2. The maximum absolute atomic E-state index is 11.7. The van der Waals surface area contributed by atoms with Crippen LogP contribution in [0.5, 0.6) is 0 Å². The summed E-state index contributed by atoms with van der Waals surface area (Å²) in [5.41, 5.74) is 0. The molecule has 0 spiro atoms. The third kappa shape index (κ3) is 4.42. The van der Waals surface area contributed by atoms with Crippen LogP contribution in [0.25, 0.3) is 0 Å². The molecule has 1 aliphatic heterocycles. The smallest absolute Gasteiger partial charge is 0.322 e. The Hall–Kier alpha value is -2.68. The van der Waals surface area contributed by atoms with Crippen molar-refractivity contribution in [2.75, 3.05) is 49.5 Å². The Morgan fingerprint density at radius 1 is 1.21 bits per heavy atom. The molecule has 2 N–H and O–H groups in total. The van der Waals surface area contributed by atoms with Crippen molar-refractivity contribution >= 4 is 18.0 Å². The fourth-order valence-electron chi connectivity index (χ4n) is 2.51. The molecule has 9 nitrogen and oxygen atoms in total. The van der Waals surface area contributed by atoms with E-state index in [1.54, 1.807) is 25.5 Å². The molecule has 3 rings (SSSR count). The summed E-state index contributed by atoms with van der Waals surface area (Å²) in [5.74, 6) is 1.43. The lowest BCUT2D eigenvalue weighted by Crippen LogP contribution is -2.49. The van der Waals surface area contributed by atoms with E-state index in [1.807, 2.05) is 6.07 Å². The number of piperazine rings is 1. The maximum Gasteiger partial charge on any atom is 0.322 e. The van der Waals surface area contributed by atoms with E-state index in [0.29, 0.717) is 12.3 Å². The fourth-order valence-corrected chi connectivity index (χ4v) is 2.51. The molecule has 0 aliphatic carbocycles. The Labute approximate surface area is 140 Å². The predicted octanol–water partition coefficient (Wildman–Crippen LogP) is 0.717. The van der Waals surface area contributed by atoms with E-state index in [4.69, 9.17) is 4.42 Å². The van der Waals surface area contributed by atoms with Gasteiger partial charge in [-0.05, 0) is 13.0 Å². The zero-order valence-corrected chi connectivity index (χ0v) is 13.6. The molecule has 2 aromatic rings. The highest BCUT2D eigenvalue weighted by Crippen LogP contribution is 2.09. The molecule has 0 aromatic carbocycles. The van der Waals surface area contributed by atoms with E-state index in [-0.39, 0.29) is 12.0 Å². The fraction of sp³-hybridized carbons (Fsp3) is 0.467. The maximum atomic E-state index is 11.7. The van der Waals surface area contributed by atoms with E-state index in [0.717, 1.165) is 38.7 Å². The summed E-state index contributed by atoms with van der Waals surface area (Å²) in [7, 11) is 0. The summed E-state index contributed by atoms with van der Waals surface area (Å²) in [4.78, 5) is 28.7. The number of hydrogen-bond acceptors (Lipinski definition) is 7. The molecule has 24 heavy (non-hydrogen) atoms. The van der Waals surface area contributed by atoms with Gasteiger partial charge in [0.15, 0.2) is 0 Å². The molecular weight excluding hydrogens is 310 g/mol. The van der Waals surface area contributed by atoms with Gasteiger partial charge in [-0.3, -0.25) is 10.2 Å². The number of aromatic nitrogens is 3. The molecule has 1 saturated heterocycles. The summed E-state index contributed by atoms with van der Waals surface area (Å²) in [6, 6.07) is 1.71. The molecule has 0 atom stereocenters. The number of nitrogens with zero attached hydrogens (tertiary/aromatic N) is 5. The molecule has 0 saturated carbocycles. The number of rotatable bonds is 5. The van der Waals surface area contributed by atoms with E-state index in [2.05, 4.69) is 35.4 Å². The first-order valence-electron chi connectivity index (χ1n) is 7.92. The predicted molar refractivity (Wildman–Crippen MR) is 88.9 cm³/mol. The monoisotopic (exact) mass is 331 g/mol. The number of carbonyl (C=O) groups excluding carboxylic acids is 1. The molecule has 2 aromatic heterocycles. The van der Waals surface area contributed by atoms with Gasteiger partial charge in [0.2, 0.25) is 5.95 Å². The van der Waals surface area contributed by atoms with Gasteiger partial charge in [0.05, 0.1) is 6.20 Å². The Kier molecular flexibility index (Phi) is 5.22. The van der Waals surface area contributed by atoms with Crippen molar-refractivity contribution in [2.45, 2.75) is 6.92 Å². The van der Waals surface area contributed by atoms with E-state index in [1.165, 1.54) is 0 Å². The zero-order valence-electron chi connectivity index (χ0n) is 13.6. The minimum absolute atomic E-state index is 0.210. The van der Waals surface area contributed by atoms with Crippen molar-refractivity contribution in [3.63, 3.8) is 0 Å². The van der Waals surface area contributed by atoms with Crippen LogP contribution >= 0.6 is 0 Å². The minimum atomic E-state index is -0.312. The molecule has 9 heteroatoms. The molecule has 1 fully saturated rings. The van der Waals surface area contributed by atoms with Gasteiger partial charge in [-0.15, -0.1) is 0 Å². The van der Waals surface area contributed by atoms with Crippen molar-refractivity contribution in [3.05, 3.63) is 30.4 Å². The van der Waals surface area contributed by atoms with Gasteiger partial charge in [0.1, 0.15) is 5.76 Å². The van der Waals surface area contributed by atoms with Crippen LogP contribution in [0.1, 0.15) is 5.76 Å². The average molecular weight is 331 g/mol. The number of amides is 2. The van der Waals surface area contributed by atoms with Crippen LogP contribution in [0.2, 0.25) is 0 Å². The number of urea groups is 1. The first kappa shape index (κ1) is 16.2. The van der Waals surface area contributed by atoms with E-state index >= 15 is 0 Å². The SMILES string of the molecule is Cc1cnc(NC(=O)NCCN2CCN(c3ncccn3)CC2)o1. The number of oxazole rings is 1. The molecule has 128 valence electrons. The lowest BCUT2D eigenvalue weighted by atomic mass is 10.3. The number of nitrogens with one attached hydrogen (secondary N) is 2. The Bertz CT molecular complexity index is 653. The van der Waals surface area contributed by atoms with Gasteiger partial charge < -0.3 is 14.6 Å². The molecule has 0 bridgehead atoms. The standard InChI is InChI=1S/C15H21N7O2/c1-12-11-19-15(24-12)20-14(23)18-5-6-21-7-9-22(10-8-21)13-16-3-2-4-17-13/h2-4,11H,5-10H2,1H3,(H2,18,19,20,23). The van der Waals surface area contributed by atoms with E-state index < -0.39 is 0 Å². The zero-order chi connectivity index (χ0) is 16.8. The molecule has 0 radical (unpaired) electrons. The molecule has 3 heterocycles. The van der Waals surface area contributed by atoms with Gasteiger partial charge in [-0.2, -0.15) is 0 Å². The first-order valence-corrected chi connectivity index (χ1v) is 7.92. The third-order valence-electron chi connectivity index (χ3n) is 3.76. The van der Waals surface area contributed by atoms with Gasteiger partial charge in [0.25, 0.3) is 0 Å². The second-order valence-corrected chi connectivity index (χ2v) is 5.53. The highest BCUT2D eigenvalue weighted by Gasteiger charge is 2.18. The summed E-state index contributed by atoms with van der Waals surface area (Å²) in [6.07, 6.45) is 5.07. The third-order valence-corrected chi connectivity index (χ3v) is 3.76. The van der Waals surface area contributed by atoms with Crippen LogP contribution in [0.3, 0.4) is 0 Å². The average Bonchev–Trinajstić information content (AvgIpc) is 3.01. The van der Waals surface area contributed by atoms with Crippen LogP contribution in [-0.4, -0.2) is 65.2 Å². The van der Waals surface area contributed by atoms with Crippen LogP contribution in [-0.2, 0) is 0 Å². The highest BCUT2D eigenvalue weighted by atomic mass is 16.4. The second-order valence-electron chi connectivity index (χ2n) is 5.53. The number of carbonyl (C=O) groups is 1. The largest absolute Gasteiger partial charge is 0.429 e. The molecule has 1 aliphatic rings. The van der Waals surface area contributed by atoms with Crippen molar-refractivity contribution in [2.24, 2.45) is 0 Å². The Balaban J connectivity index is 1.34. The highest BCUT2D eigenvalue weighted by molar-refractivity contribution is 5.86. The molecule has 0 unspecified atom stereocenters. The lowest BCUT2D eigenvalue weighted by Gasteiger charge is -2.34. The van der Waals surface area contributed by atoms with Crippen molar-refractivity contribution in [1.29, 1.82) is 0 Å². The summed E-state index contributed by atoms with van der Waals surface area (Å²) >= 11 is 0. The molecule has 2 amide bonds. The number of aryl methyl sites for hydroxylation is 1. The van der Waals surface area contributed by atoms with Crippen LogP contribution in [0.4, 0.5) is 16.8 Å². The first-order chi connectivity index (χ1) is 11.7. The van der Waals surface area contributed by atoms with Crippen molar-refractivity contribution < 1.29 is 9.21 Å². The van der Waals surface area contributed by atoms with Gasteiger partial charge in [0, 0.05) is 51.7 Å². The summed E-state index contributed by atoms with van der Waals surface area (Å²) in [6.45, 7) is 6.73. The van der Waals surface area contributed by atoms with Crippen LogP contribution < -0.4 is 15.5 Å². The minimum Gasteiger partial charge on any atom is -0.429 e. The normalized spacial score (nSPS) is 15.3. The van der Waals surface area contributed by atoms with E-state index in [9.17, 15) is 4.79 Å². The summed E-state index contributed by atoms with van der Waals surface area (Å²) in [5, 5.41) is 5.36. The summed E-state index contributed by atoms with van der Waals surface area (Å²) < 4.78 is 5.19. The van der Waals surface area contributed by atoms with Gasteiger partial charge in [-0.1, -0.05) is 0 Å². The van der Waals surface area contributed by atoms with Crippen LogP contribution in [0, 0.1) is 6.92 Å². The number of hydrogen-bond donors (Lipinski definition) is 2. The van der Waals surface area contributed by atoms with Crippen molar-refractivity contribution in [1.82, 2.24) is 25.2 Å². The molecular formula is C15H21N7O2. The van der Waals surface area contributed by atoms with Crippen molar-refractivity contribution in [3.8, 4) is 0 Å². The topological polar surface area (TPSA) is 99.4 Å². The van der Waals surface area contributed by atoms with Gasteiger partial charge >= 0.3 is 12.0 Å². The Morgan fingerprint density at radius 3 is 2.62 bits per heavy atom.